The molecule has 2 aliphatic rings. The second kappa shape index (κ2) is 7.41. The van der Waals surface area contributed by atoms with E-state index in [0.29, 0.717) is 12.0 Å². The maximum atomic E-state index is 5.95. The SMILES string of the molecule is NC(=NCC1=CCOCC1)NC1CCCCCC1. The Labute approximate surface area is 110 Å². The molecule has 1 heterocycles. The Hall–Kier alpha value is -1.03. The standard InChI is InChI=1S/C14H25N3O/c15-14(16-11-12-7-9-18-10-8-12)17-13-5-3-1-2-4-6-13/h7,13H,1-6,8-11H2,(H3,15,16,17). The molecule has 0 saturated heterocycles. The lowest BCUT2D eigenvalue weighted by molar-refractivity contribution is 0.154. The molecule has 1 aliphatic carbocycles. The Morgan fingerprint density at radius 1 is 1.33 bits per heavy atom. The van der Waals surface area contributed by atoms with E-state index in [9.17, 15) is 0 Å². The minimum absolute atomic E-state index is 0.528. The molecule has 4 nitrogen and oxygen atoms in total. The molecule has 0 aromatic heterocycles. The third-order valence-electron chi connectivity index (χ3n) is 3.72. The fraction of sp³-hybridized carbons (Fsp3) is 0.786. The van der Waals surface area contributed by atoms with Crippen LogP contribution < -0.4 is 11.1 Å². The van der Waals surface area contributed by atoms with Crippen molar-refractivity contribution in [1.29, 1.82) is 0 Å². The highest BCUT2D eigenvalue weighted by molar-refractivity contribution is 5.78. The average molecular weight is 251 g/mol. The van der Waals surface area contributed by atoms with E-state index in [1.165, 1.54) is 44.1 Å². The van der Waals surface area contributed by atoms with Crippen LogP contribution in [0.15, 0.2) is 16.6 Å². The number of rotatable bonds is 3. The second-order valence-electron chi connectivity index (χ2n) is 5.22. The minimum Gasteiger partial charge on any atom is -0.377 e. The predicted octanol–water partition coefficient (Wildman–Crippen LogP) is 1.96. The van der Waals surface area contributed by atoms with Crippen LogP contribution in [0.3, 0.4) is 0 Å². The number of nitrogens with one attached hydrogen (secondary N) is 1. The van der Waals surface area contributed by atoms with Crippen molar-refractivity contribution in [2.45, 2.75) is 51.0 Å². The number of ether oxygens (including phenoxy) is 1. The lowest BCUT2D eigenvalue weighted by atomic mass is 10.1. The van der Waals surface area contributed by atoms with Gasteiger partial charge in [-0.2, -0.15) is 0 Å². The maximum absolute atomic E-state index is 5.95. The zero-order valence-electron chi connectivity index (χ0n) is 11.2. The van der Waals surface area contributed by atoms with Crippen molar-refractivity contribution in [1.82, 2.24) is 5.32 Å². The molecule has 1 saturated carbocycles. The van der Waals surface area contributed by atoms with Crippen molar-refractivity contribution >= 4 is 5.96 Å². The van der Waals surface area contributed by atoms with E-state index < -0.39 is 0 Å². The molecule has 0 radical (unpaired) electrons. The van der Waals surface area contributed by atoms with Crippen LogP contribution in [0.25, 0.3) is 0 Å². The Bertz CT molecular complexity index is 304. The van der Waals surface area contributed by atoms with Gasteiger partial charge >= 0.3 is 0 Å². The average Bonchev–Trinajstić information content (AvgIpc) is 2.66. The first-order valence-electron chi connectivity index (χ1n) is 7.17. The van der Waals surface area contributed by atoms with Crippen LogP contribution in [0.5, 0.6) is 0 Å². The third kappa shape index (κ3) is 4.69. The topological polar surface area (TPSA) is 59.6 Å². The highest BCUT2D eigenvalue weighted by atomic mass is 16.5. The van der Waals surface area contributed by atoms with Crippen molar-refractivity contribution in [3.63, 3.8) is 0 Å². The Morgan fingerprint density at radius 2 is 2.11 bits per heavy atom. The predicted molar refractivity (Wildman–Crippen MR) is 74.6 cm³/mol. The molecule has 0 atom stereocenters. The number of hydrogen-bond acceptors (Lipinski definition) is 2. The molecule has 18 heavy (non-hydrogen) atoms. The molecule has 0 aromatic rings. The highest BCUT2D eigenvalue weighted by Gasteiger charge is 2.12. The van der Waals surface area contributed by atoms with Crippen molar-refractivity contribution in [3.8, 4) is 0 Å². The van der Waals surface area contributed by atoms with Gasteiger partial charge in [-0.05, 0) is 24.8 Å². The zero-order valence-corrected chi connectivity index (χ0v) is 11.2. The van der Waals surface area contributed by atoms with E-state index in [-0.39, 0.29) is 0 Å². The molecule has 0 aromatic carbocycles. The van der Waals surface area contributed by atoms with E-state index in [0.717, 1.165) is 26.2 Å². The monoisotopic (exact) mass is 251 g/mol. The zero-order chi connectivity index (χ0) is 12.6. The van der Waals surface area contributed by atoms with E-state index in [1.54, 1.807) is 0 Å². The lowest BCUT2D eigenvalue weighted by Gasteiger charge is -2.17. The molecule has 1 aliphatic heterocycles. The molecular weight excluding hydrogens is 226 g/mol. The molecule has 0 amide bonds. The summed E-state index contributed by atoms with van der Waals surface area (Å²) in [7, 11) is 0. The van der Waals surface area contributed by atoms with Crippen LogP contribution in [-0.2, 0) is 4.74 Å². The summed E-state index contributed by atoms with van der Waals surface area (Å²) in [6.45, 7) is 2.26. The van der Waals surface area contributed by atoms with Crippen molar-refractivity contribution in [2.75, 3.05) is 19.8 Å². The van der Waals surface area contributed by atoms with Crippen molar-refractivity contribution in [3.05, 3.63) is 11.6 Å². The summed E-state index contributed by atoms with van der Waals surface area (Å²) >= 11 is 0. The van der Waals surface area contributed by atoms with Crippen LogP contribution >= 0.6 is 0 Å². The summed E-state index contributed by atoms with van der Waals surface area (Å²) in [5, 5.41) is 3.37. The first-order valence-corrected chi connectivity index (χ1v) is 7.17. The van der Waals surface area contributed by atoms with Gasteiger partial charge in [-0.3, -0.25) is 0 Å². The van der Waals surface area contributed by atoms with Crippen LogP contribution in [0.4, 0.5) is 0 Å². The maximum Gasteiger partial charge on any atom is 0.189 e. The Morgan fingerprint density at radius 3 is 2.78 bits per heavy atom. The second-order valence-corrected chi connectivity index (χ2v) is 5.22. The van der Waals surface area contributed by atoms with E-state index in [1.807, 2.05) is 0 Å². The van der Waals surface area contributed by atoms with E-state index >= 15 is 0 Å². The number of hydrogen-bond donors (Lipinski definition) is 2. The van der Waals surface area contributed by atoms with Gasteiger partial charge in [-0.15, -0.1) is 0 Å². The summed E-state index contributed by atoms with van der Waals surface area (Å²) in [5.74, 6) is 0.606. The molecule has 102 valence electrons. The van der Waals surface area contributed by atoms with Gasteiger partial charge in [-0.1, -0.05) is 31.8 Å². The minimum atomic E-state index is 0.528. The molecule has 0 unspecified atom stereocenters. The largest absolute Gasteiger partial charge is 0.377 e. The Balaban J connectivity index is 1.75. The number of nitrogens with two attached hydrogens (primary N) is 1. The van der Waals surface area contributed by atoms with Gasteiger partial charge in [-0.25, -0.2) is 4.99 Å². The van der Waals surface area contributed by atoms with Gasteiger partial charge < -0.3 is 15.8 Å². The van der Waals surface area contributed by atoms with Gasteiger partial charge in [0.2, 0.25) is 0 Å². The van der Waals surface area contributed by atoms with E-state index in [4.69, 9.17) is 10.5 Å². The fourth-order valence-electron chi connectivity index (χ4n) is 2.57. The molecule has 1 fully saturated rings. The first-order chi connectivity index (χ1) is 8.84. The number of guanidine groups is 1. The molecule has 0 spiro atoms. The van der Waals surface area contributed by atoms with Crippen LogP contribution in [-0.4, -0.2) is 31.8 Å². The normalized spacial score (nSPS) is 23.3. The third-order valence-corrected chi connectivity index (χ3v) is 3.72. The van der Waals surface area contributed by atoms with Gasteiger partial charge in [0.25, 0.3) is 0 Å². The summed E-state index contributed by atoms with van der Waals surface area (Å²) in [5.41, 5.74) is 7.29. The lowest BCUT2D eigenvalue weighted by Crippen LogP contribution is -2.40. The number of nitrogens with zero attached hydrogens (tertiary/aromatic N) is 1. The van der Waals surface area contributed by atoms with Gasteiger partial charge in [0.05, 0.1) is 19.8 Å². The molecule has 4 heteroatoms. The number of aliphatic imine (C=N–C) groups is 1. The van der Waals surface area contributed by atoms with Crippen LogP contribution in [0.2, 0.25) is 0 Å². The van der Waals surface area contributed by atoms with Crippen LogP contribution in [0, 0.1) is 0 Å². The van der Waals surface area contributed by atoms with E-state index in [2.05, 4.69) is 16.4 Å². The fourth-order valence-corrected chi connectivity index (χ4v) is 2.57. The Kier molecular flexibility index (Phi) is 5.52. The smallest absolute Gasteiger partial charge is 0.189 e. The summed E-state index contributed by atoms with van der Waals surface area (Å²) in [6.07, 6.45) is 10.9. The van der Waals surface area contributed by atoms with Crippen molar-refractivity contribution < 1.29 is 4.74 Å². The first kappa shape index (κ1) is 13.4. The summed E-state index contributed by atoms with van der Waals surface area (Å²) in [4.78, 5) is 4.43. The molecule has 0 bridgehead atoms. The van der Waals surface area contributed by atoms with Crippen molar-refractivity contribution in [2.24, 2.45) is 10.7 Å². The molecule has 2 rings (SSSR count). The highest BCUT2D eigenvalue weighted by Crippen LogP contribution is 2.17. The van der Waals surface area contributed by atoms with Gasteiger partial charge in [0.15, 0.2) is 5.96 Å². The summed E-state index contributed by atoms with van der Waals surface area (Å²) < 4.78 is 5.27. The van der Waals surface area contributed by atoms with Gasteiger partial charge in [0, 0.05) is 6.04 Å². The summed E-state index contributed by atoms with van der Waals surface area (Å²) in [6, 6.07) is 0.528. The van der Waals surface area contributed by atoms with Gasteiger partial charge in [0.1, 0.15) is 0 Å². The quantitative estimate of drug-likeness (QED) is 0.349. The molecular formula is C14H25N3O. The van der Waals surface area contributed by atoms with Crippen LogP contribution in [0.1, 0.15) is 44.9 Å². The molecule has 3 N–H and O–H groups in total.